The number of amides is 3. The van der Waals surface area contributed by atoms with E-state index in [1.807, 2.05) is 13.8 Å². The first kappa shape index (κ1) is 25.5. The molecule has 1 aliphatic rings. The van der Waals surface area contributed by atoms with Gasteiger partial charge in [-0.3, -0.25) is 9.59 Å². The van der Waals surface area contributed by atoms with Crippen molar-refractivity contribution in [2.45, 2.75) is 38.5 Å². The summed E-state index contributed by atoms with van der Waals surface area (Å²) in [5, 5.41) is 22.3. The number of anilines is 3. The Balaban J connectivity index is 1.54. The van der Waals surface area contributed by atoms with E-state index in [1.54, 1.807) is 48.5 Å². The van der Waals surface area contributed by atoms with Crippen molar-refractivity contribution in [1.29, 1.82) is 0 Å². The van der Waals surface area contributed by atoms with E-state index in [0.29, 0.717) is 22.9 Å². The van der Waals surface area contributed by atoms with E-state index in [0.717, 1.165) is 5.69 Å². The fourth-order valence-electron chi connectivity index (χ4n) is 3.49. The van der Waals surface area contributed by atoms with Crippen molar-refractivity contribution in [2.24, 2.45) is 0 Å². The van der Waals surface area contributed by atoms with E-state index in [4.69, 9.17) is 11.6 Å². The maximum Gasteiger partial charge on any atom is 0.322 e. The van der Waals surface area contributed by atoms with Crippen LogP contribution in [0.1, 0.15) is 20.3 Å². The number of nitrogens with zero attached hydrogens (tertiary/aromatic N) is 1. The van der Waals surface area contributed by atoms with Gasteiger partial charge in [-0.1, -0.05) is 25.4 Å². The van der Waals surface area contributed by atoms with E-state index >= 15 is 0 Å². The molecule has 3 rings (SSSR count). The van der Waals surface area contributed by atoms with Gasteiger partial charge < -0.3 is 31.3 Å². The number of carbonyl (C=O) groups is 3. The third-order valence-electron chi connectivity index (χ3n) is 5.29. The second-order valence-electron chi connectivity index (χ2n) is 8.49. The van der Waals surface area contributed by atoms with Crippen LogP contribution in [0, 0.1) is 0 Å². The second kappa shape index (κ2) is 11.8. The number of Topliss-reactive ketones (excluding diaryl/α,β-unsaturated/α-hetero) is 1. The first-order chi connectivity index (χ1) is 16.2. The van der Waals surface area contributed by atoms with Crippen LogP contribution in [0.3, 0.4) is 0 Å². The lowest BCUT2D eigenvalue weighted by Gasteiger charge is -2.24. The number of benzene rings is 2. The van der Waals surface area contributed by atoms with E-state index in [-0.39, 0.29) is 31.3 Å². The minimum Gasteiger partial charge on any atom is -0.391 e. The van der Waals surface area contributed by atoms with Gasteiger partial charge >= 0.3 is 6.03 Å². The largest absolute Gasteiger partial charge is 0.391 e. The van der Waals surface area contributed by atoms with Gasteiger partial charge in [-0.05, 0) is 48.5 Å². The third kappa shape index (κ3) is 7.44. The molecule has 10 heteroatoms. The first-order valence-corrected chi connectivity index (χ1v) is 11.5. The molecule has 0 bridgehead atoms. The number of hydrogen-bond donors (Lipinski definition) is 5. The summed E-state index contributed by atoms with van der Waals surface area (Å²) in [5.74, 6) is -0.346. The van der Waals surface area contributed by atoms with Crippen LogP contribution in [0.2, 0.25) is 5.02 Å². The monoisotopic (exact) mass is 487 g/mol. The Bertz CT molecular complexity index is 997. The van der Waals surface area contributed by atoms with Gasteiger partial charge in [0.05, 0.1) is 19.2 Å². The van der Waals surface area contributed by atoms with Gasteiger partial charge in [0.1, 0.15) is 6.04 Å². The predicted octanol–water partition coefficient (Wildman–Crippen LogP) is 2.92. The lowest BCUT2D eigenvalue weighted by atomic mass is 10.1. The van der Waals surface area contributed by atoms with Crippen LogP contribution in [0.4, 0.5) is 21.9 Å². The molecule has 1 aliphatic heterocycles. The highest BCUT2D eigenvalue weighted by Gasteiger charge is 2.39. The quantitative estimate of drug-likeness (QED) is 0.370. The summed E-state index contributed by atoms with van der Waals surface area (Å²) < 4.78 is 0. The lowest BCUT2D eigenvalue weighted by molar-refractivity contribution is -0.119. The number of rotatable bonds is 9. The molecule has 1 saturated heterocycles. The predicted molar refractivity (Wildman–Crippen MR) is 133 cm³/mol. The average Bonchev–Trinajstić information content (AvgIpc) is 3.21. The molecule has 0 radical (unpaired) electrons. The lowest BCUT2D eigenvalue weighted by Crippen LogP contribution is -2.45. The van der Waals surface area contributed by atoms with Crippen molar-refractivity contribution < 1.29 is 19.5 Å². The summed E-state index contributed by atoms with van der Waals surface area (Å²) in [4.78, 5) is 38.8. The number of likely N-dealkylation sites (tertiary alicyclic amines) is 1. The minimum absolute atomic E-state index is 0.0443. The Hall–Kier alpha value is -3.14. The number of ketones is 1. The van der Waals surface area contributed by atoms with Crippen LogP contribution < -0.4 is 21.3 Å². The number of carbonyl (C=O) groups excluding carboxylic acids is 3. The molecule has 3 amide bonds. The van der Waals surface area contributed by atoms with Gasteiger partial charge in [-0.2, -0.15) is 0 Å². The van der Waals surface area contributed by atoms with Crippen LogP contribution in [-0.2, 0) is 9.59 Å². The summed E-state index contributed by atoms with van der Waals surface area (Å²) in [6.45, 7) is 4.51. The molecule has 0 spiro atoms. The van der Waals surface area contributed by atoms with E-state index in [1.165, 1.54) is 4.90 Å². The normalized spacial score (nSPS) is 17.5. The number of halogens is 1. The molecule has 182 valence electrons. The van der Waals surface area contributed by atoms with Gasteiger partial charge in [0, 0.05) is 41.1 Å². The second-order valence-corrected chi connectivity index (χ2v) is 8.93. The number of aliphatic hydroxyl groups excluding tert-OH is 1. The molecule has 34 heavy (non-hydrogen) atoms. The van der Waals surface area contributed by atoms with Crippen molar-refractivity contribution in [1.82, 2.24) is 10.2 Å². The molecule has 1 heterocycles. The maximum atomic E-state index is 12.9. The van der Waals surface area contributed by atoms with Crippen LogP contribution >= 0.6 is 11.6 Å². The zero-order chi connectivity index (χ0) is 24.7. The van der Waals surface area contributed by atoms with Crippen LogP contribution in [0.5, 0.6) is 0 Å². The van der Waals surface area contributed by atoms with E-state index in [9.17, 15) is 19.5 Å². The summed E-state index contributed by atoms with van der Waals surface area (Å²) in [7, 11) is 0. The van der Waals surface area contributed by atoms with Crippen molar-refractivity contribution in [2.75, 3.05) is 35.6 Å². The Kier molecular flexibility index (Phi) is 8.86. The molecule has 0 aliphatic carbocycles. The minimum atomic E-state index is -0.814. The molecule has 0 saturated carbocycles. The van der Waals surface area contributed by atoms with Crippen molar-refractivity contribution in [3.63, 3.8) is 0 Å². The highest BCUT2D eigenvalue weighted by atomic mass is 35.5. The molecule has 2 aromatic rings. The molecule has 1 fully saturated rings. The Labute approximate surface area is 203 Å². The average molecular weight is 488 g/mol. The number of hydrogen-bond acceptors (Lipinski definition) is 6. The molecular formula is C24H30ClN5O4. The van der Waals surface area contributed by atoms with Crippen molar-refractivity contribution in [3.8, 4) is 0 Å². The standard InChI is InChI=1S/C24H30ClN5O4/c1-15(2)26-12-21(32)13-27-17-7-9-18(10-8-17)28-23(33)22-11-20(31)14-30(22)24(34)29-19-5-3-16(25)4-6-19/h3-10,15,20,22,26-27,31H,11-14H2,1-2H3,(H,28,33)(H,29,34)/t20-,22-/m1/s1. The molecular weight excluding hydrogens is 458 g/mol. The smallest absolute Gasteiger partial charge is 0.322 e. The fourth-order valence-corrected chi connectivity index (χ4v) is 3.62. The maximum absolute atomic E-state index is 12.9. The van der Waals surface area contributed by atoms with Gasteiger partial charge in [-0.25, -0.2) is 4.79 Å². The van der Waals surface area contributed by atoms with Gasteiger partial charge in [-0.15, -0.1) is 0 Å². The van der Waals surface area contributed by atoms with Crippen molar-refractivity contribution >= 4 is 46.4 Å². The third-order valence-corrected chi connectivity index (χ3v) is 5.54. The summed E-state index contributed by atoms with van der Waals surface area (Å²) in [6.07, 6.45) is -0.646. The molecule has 2 atom stereocenters. The van der Waals surface area contributed by atoms with Crippen LogP contribution in [-0.4, -0.2) is 65.5 Å². The zero-order valence-corrected chi connectivity index (χ0v) is 19.9. The van der Waals surface area contributed by atoms with Crippen LogP contribution in [0.15, 0.2) is 48.5 Å². The number of aliphatic hydroxyl groups is 1. The van der Waals surface area contributed by atoms with E-state index in [2.05, 4.69) is 21.3 Å². The zero-order valence-electron chi connectivity index (χ0n) is 19.2. The number of β-amino-alcohol motifs (C(OH)–C–C–N with tert-alkyl or cyclic N) is 1. The van der Waals surface area contributed by atoms with Gasteiger partial charge in [0.2, 0.25) is 5.91 Å². The molecule has 0 unspecified atom stereocenters. The Morgan fingerprint density at radius 1 is 0.971 bits per heavy atom. The van der Waals surface area contributed by atoms with Crippen molar-refractivity contribution in [3.05, 3.63) is 53.6 Å². The van der Waals surface area contributed by atoms with Crippen LogP contribution in [0.25, 0.3) is 0 Å². The summed E-state index contributed by atoms with van der Waals surface area (Å²) in [6, 6.07) is 12.5. The Morgan fingerprint density at radius 3 is 2.21 bits per heavy atom. The highest BCUT2D eigenvalue weighted by molar-refractivity contribution is 6.30. The highest BCUT2D eigenvalue weighted by Crippen LogP contribution is 2.22. The Morgan fingerprint density at radius 2 is 1.56 bits per heavy atom. The van der Waals surface area contributed by atoms with Gasteiger partial charge in [0.15, 0.2) is 5.78 Å². The van der Waals surface area contributed by atoms with E-state index < -0.39 is 24.1 Å². The van der Waals surface area contributed by atoms with Gasteiger partial charge in [0.25, 0.3) is 0 Å². The number of urea groups is 1. The topological polar surface area (TPSA) is 123 Å². The summed E-state index contributed by atoms with van der Waals surface area (Å²) in [5.41, 5.74) is 1.83. The molecule has 0 aromatic heterocycles. The molecule has 2 aromatic carbocycles. The SMILES string of the molecule is CC(C)NCC(=O)CNc1ccc(NC(=O)[C@H]2C[C@@H](O)CN2C(=O)Nc2ccc(Cl)cc2)cc1. The fraction of sp³-hybridized carbons (Fsp3) is 0.375. The molecule has 5 N–H and O–H groups in total. The molecule has 9 nitrogen and oxygen atoms in total. The first-order valence-electron chi connectivity index (χ1n) is 11.1. The summed E-state index contributed by atoms with van der Waals surface area (Å²) >= 11 is 5.87. The number of nitrogens with one attached hydrogen (secondary N) is 4.